The topological polar surface area (TPSA) is 349 Å². The van der Waals surface area contributed by atoms with E-state index in [1.807, 2.05) is 0 Å². The highest BCUT2D eigenvalue weighted by molar-refractivity contribution is 5.88. The van der Waals surface area contributed by atoms with Gasteiger partial charge in [0, 0.05) is 17.7 Å². The molecule has 14 unspecified atom stereocenters. The minimum Gasteiger partial charge on any atom is -0.508 e. The summed E-state index contributed by atoms with van der Waals surface area (Å²) >= 11 is 0. The molecular weight excluding hydrogens is 720 g/mol. The number of benzene rings is 2. The average molecular weight is 759 g/mol. The molecular formula is C32H38O21. The quantitative estimate of drug-likeness (QED) is 0.0919. The Kier molecular flexibility index (Phi) is 11.3. The van der Waals surface area contributed by atoms with Crippen LogP contribution in [0, 0.1) is 0 Å². The third-order valence-corrected chi connectivity index (χ3v) is 9.07. The molecule has 0 radical (unpaired) electrons. The van der Waals surface area contributed by atoms with Crippen LogP contribution < -0.4 is 10.2 Å². The maximum absolute atomic E-state index is 14.1. The number of rotatable bonds is 9. The second kappa shape index (κ2) is 15.4. The van der Waals surface area contributed by atoms with Crippen molar-refractivity contribution < 1.29 is 99.2 Å². The van der Waals surface area contributed by atoms with E-state index in [9.17, 15) is 71.2 Å². The number of aromatic hydroxyl groups is 4. The van der Waals surface area contributed by atoms with Gasteiger partial charge in [-0.05, 0) is 18.2 Å². The highest BCUT2D eigenvalue weighted by Crippen LogP contribution is 2.40. The number of phenols is 4. The van der Waals surface area contributed by atoms with Crippen molar-refractivity contribution in [3.63, 3.8) is 0 Å². The van der Waals surface area contributed by atoms with Crippen LogP contribution in [-0.4, -0.2) is 172 Å². The zero-order chi connectivity index (χ0) is 38.5. The molecule has 14 atom stereocenters. The molecule has 4 heterocycles. The first-order valence-corrected chi connectivity index (χ1v) is 16.1. The highest BCUT2D eigenvalue weighted by atomic mass is 16.8. The lowest BCUT2D eigenvalue weighted by molar-refractivity contribution is -0.378. The molecule has 3 aromatic rings. The zero-order valence-corrected chi connectivity index (χ0v) is 27.2. The lowest BCUT2D eigenvalue weighted by Gasteiger charge is -2.48. The van der Waals surface area contributed by atoms with Crippen LogP contribution in [-0.2, 0) is 23.7 Å². The Morgan fingerprint density at radius 3 is 1.98 bits per heavy atom. The third-order valence-electron chi connectivity index (χ3n) is 9.07. The summed E-state index contributed by atoms with van der Waals surface area (Å²) in [7, 11) is 0. The van der Waals surface area contributed by atoms with Gasteiger partial charge >= 0.3 is 0 Å². The fourth-order valence-corrected chi connectivity index (χ4v) is 6.17. The Bertz CT molecular complexity index is 1820. The first-order chi connectivity index (χ1) is 25.1. The summed E-state index contributed by atoms with van der Waals surface area (Å²) in [5.41, 5.74) is -1.63. The van der Waals surface area contributed by atoms with Gasteiger partial charge in [0.25, 0.3) is 0 Å². The van der Waals surface area contributed by atoms with Crippen LogP contribution in [0.4, 0.5) is 0 Å². The van der Waals surface area contributed by atoms with Gasteiger partial charge in [-0.3, -0.25) is 4.79 Å². The van der Waals surface area contributed by atoms with Crippen molar-refractivity contribution in [1.29, 1.82) is 0 Å². The van der Waals surface area contributed by atoms with Gasteiger partial charge in [-0.15, -0.1) is 0 Å². The van der Waals surface area contributed by atoms with Gasteiger partial charge in [-0.25, -0.2) is 0 Å². The van der Waals surface area contributed by atoms with Gasteiger partial charge in [0.1, 0.15) is 83.5 Å². The molecule has 0 amide bonds. The molecule has 0 aliphatic carbocycles. The Morgan fingerprint density at radius 1 is 0.660 bits per heavy atom. The van der Waals surface area contributed by atoms with Crippen molar-refractivity contribution in [3.8, 4) is 40.1 Å². The van der Waals surface area contributed by atoms with E-state index in [0.717, 1.165) is 24.3 Å². The SMILES string of the molecule is O=c1c(OC2OC(CO)C(O)C(OC3OC(CO)C(O)C(O)C3O)C2OC2OCC(O)C(O)C2O)c(-c2ccc(O)c(O)c2)oc2cc(O)cc(O)c12. The number of hydrogen-bond donors (Lipinski definition) is 13. The molecule has 1 aromatic heterocycles. The van der Waals surface area contributed by atoms with E-state index in [2.05, 4.69) is 0 Å². The summed E-state index contributed by atoms with van der Waals surface area (Å²) in [6.45, 7) is -2.43. The molecule has 3 saturated heterocycles. The molecule has 53 heavy (non-hydrogen) atoms. The molecule has 2 aromatic carbocycles. The smallest absolute Gasteiger partial charge is 0.239 e. The van der Waals surface area contributed by atoms with Crippen molar-refractivity contribution in [1.82, 2.24) is 0 Å². The summed E-state index contributed by atoms with van der Waals surface area (Å²) in [6, 6.07) is 4.99. The van der Waals surface area contributed by atoms with Crippen LogP contribution >= 0.6 is 0 Å². The average Bonchev–Trinajstić information content (AvgIpc) is 3.12. The molecule has 0 bridgehead atoms. The summed E-state index contributed by atoms with van der Waals surface area (Å²) in [5, 5.41) is 134. The van der Waals surface area contributed by atoms with E-state index in [-0.39, 0.29) is 11.1 Å². The van der Waals surface area contributed by atoms with Crippen molar-refractivity contribution in [2.75, 3.05) is 19.8 Å². The molecule has 13 N–H and O–H groups in total. The second-order valence-electron chi connectivity index (χ2n) is 12.6. The number of aliphatic hydroxyl groups is 9. The monoisotopic (exact) mass is 758 g/mol. The Labute approximate surface area is 296 Å². The van der Waals surface area contributed by atoms with Crippen LogP contribution in [0.15, 0.2) is 39.5 Å². The van der Waals surface area contributed by atoms with Crippen LogP contribution in [0.1, 0.15) is 0 Å². The van der Waals surface area contributed by atoms with Crippen molar-refractivity contribution in [2.24, 2.45) is 0 Å². The van der Waals surface area contributed by atoms with Crippen LogP contribution in [0.25, 0.3) is 22.3 Å². The standard InChI is InChI=1S/C32H38O21/c33-6-16-20(41)23(44)25(46)31(49-16)51-27-21(42)17(7-34)50-32(29(27)53-30-24(45)19(40)14(39)8-47-30)52-28-22(43)18-13(38)4-10(35)5-15(18)48-26(28)9-1-2-11(36)12(37)3-9/h1-5,14,16-17,19-21,23-25,27,29-42,44-46H,6-8H2. The molecule has 3 fully saturated rings. The van der Waals surface area contributed by atoms with E-state index in [0.29, 0.717) is 0 Å². The highest BCUT2D eigenvalue weighted by Gasteiger charge is 2.54. The molecule has 292 valence electrons. The number of phenolic OH excluding ortho intramolecular Hbond substituents is 4. The van der Waals surface area contributed by atoms with Crippen molar-refractivity contribution in [3.05, 3.63) is 40.6 Å². The number of hydrogen-bond acceptors (Lipinski definition) is 21. The lowest BCUT2D eigenvalue weighted by atomic mass is 9.96. The summed E-state index contributed by atoms with van der Waals surface area (Å²) in [4.78, 5) is 14.1. The van der Waals surface area contributed by atoms with Crippen LogP contribution in [0.2, 0.25) is 0 Å². The van der Waals surface area contributed by atoms with E-state index in [1.54, 1.807) is 0 Å². The second-order valence-corrected chi connectivity index (χ2v) is 12.6. The normalized spacial score (nSPS) is 36.4. The minimum absolute atomic E-state index is 0.124. The van der Waals surface area contributed by atoms with Crippen molar-refractivity contribution >= 4 is 11.0 Å². The molecule has 0 spiro atoms. The Morgan fingerprint density at radius 2 is 1.30 bits per heavy atom. The summed E-state index contributed by atoms with van der Waals surface area (Å²) in [5.74, 6) is -3.83. The van der Waals surface area contributed by atoms with Crippen LogP contribution in [0.5, 0.6) is 28.7 Å². The molecule has 21 nitrogen and oxygen atoms in total. The first kappa shape index (κ1) is 38.8. The third kappa shape index (κ3) is 7.33. The van der Waals surface area contributed by atoms with Gasteiger partial charge in [-0.1, -0.05) is 0 Å². The van der Waals surface area contributed by atoms with E-state index < -0.39 is 151 Å². The van der Waals surface area contributed by atoms with Gasteiger partial charge in [0.2, 0.25) is 17.5 Å². The molecule has 0 saturated carbocycles. The first-order valence-electron chi connectivity index (χ1n) is 16.1. The predicted molar refractivity (Wildman–Crippen MR) is 168 cm³/mol. The Hall–Kier alpha value is -3.91. The van der Waals surface area contributed by atoms with Gasteiger partial charge < -0.3 is 99.2 Å². The fraction of sp³-hybridized carbons (Fsp3) is 0.531. The fourth-order valence-electron chi connectivity index (χ4n) is 6.17. The maximum Gasteiger partial charge on any atom is 0.239 e. The van der Waals surface area contributed by atoms with Gasteiger partial charge in [-0.2, -0.15) is 0 Å². The molecule has 3 aliphatic rings. The van der Waals surface area contributed by atoms with Gasteiger partial charge in [0.15, 0.2) is 35.9 Å². The van der Waals surface area contributed by atoms with E-state index >= 15 is 0 Å². The predicted octanol–water partition coefficient (Wildman–Crippen LogP) is -4.25. The van der Waals surface area contributed by atoms with E-state index in [1.165, 1.54) is 6.07 Å². The zero-order valence-electron chi connectivity index (χ0n) is 27.2. The van der Waals surface area contributed by atoms with Gasteiger partial charge in [0.05, 0.1) is 19.8 Å². The summed E-state index contributed by atoms with van der Waals surface area (Å²) < 4.78 is 40.2. The maximum atomic E-state index is 14.1. The summed E-state index contributed by atoms with van der Waals surface area (Å²) in [6.07, 6.45) is -26.1. The Balaban J connectivity index is 1.48. The van der Waals surface area contributed by atoms with E-state index in [4.69, 9.17) is 32.8 Å². The number of aliphatic hydroxyl groups excluding tert-OH is 9. The van der Waals surface area contributed by atoms with Crippen LogP contribution in [0.3, 0.4) is 0 Å². The molecule has 21 heteroatoms. The number of fused-ring (bicyclic) bond motifs is 1. The molecule has 3 aliphatic heterocycles. The molecule has 6 rings (SSSR count). The minimum atomic E-state index is -2.06. The van der Waals surface area contributed by atoms with Crippen molar-refractivity contribution in [2.45, 2.75) is 86.0 Å². The lowest BCUT2D eigenvalue weighted by Crippen LogP contribution is -2.67. The number of ether oxygens (including phenoxy) is 6. The largest absolute Gasteiger partial charge is 0.508 e.